The molecule has 1 aliphatic rings. The van der Waals surface area contributed by atoms with Gasteiger partial charge in [0.05, 0.1) is 31.5 Å². The van der Waals surface area contributed by atoms with Gasteiger partial charge >= 0.3 is 0 Å². The second-order valence-electron chi connectivity index (χ2n) is 7.48. The zero-order valence-electron chi connectivity index (χ0n) is 17.1. The third-order valence-electron chi connectivity index (χ3n) is 5.29. The average molecular weight is 452 g/mol. The molecule has 5 rings (SSSR count). The van der Waals surface area contributed by atoms with Crippen LogP contribution in [0.25, 0.3) is 5.65 Å². The number of nitrogens with one attached hydrogen (secondary N) is 1. The van der Waals surface area contributed by atoms with Crippen LogP contribution in [-0.4, -0.2) is 39.4 Å². The summed E-state index contributed by atoms with van der Waals surface area (Å²) in [5.74, 6) is 0.112. The topological polar surface area (TPSA) is 102 Å². The van der Waals surface area contributed by atoms with E-state index in [1.807, 2.05) is 35.0 Å². The second-order valence-corrected chi connectivity index (χ2v) is 8.49. The van der Waals surface area contributed by atoms with Gasteiger partial charge in [0.2, 0.25) is 5.91 Å². The molecule has 4 aromatic heterocycles. The molecule has 0 radical (unpaired) electrons. The molecule has 1 fully saturated rings. The van der Waals surface area contributed by atoms with Crippen molar-refractivity contribution in [3.8, 4) is 0 Å². The number of imidazole rings is 1. The maximum atomic E-state index is 13.1. The summed E-state index contributed by atoms with van der Waals surface area (Å²) in [5.41, 5.74) is 1.80. The van der Waals surface area contributed by atoms with Crippen molar-refractivity contribution in [1.29, 1.82) is 0 Å². The van der Waals surface area contributed by atoms with Gasteiger partial charge in [0, 0.05) is 31.7 Å². The molecule has 1 N–H and O–H groups in total. The molecule has 164 valence electrons. The van der Waals surface area contributed by atoms with E-state index in [2.05, 4.69) is 15.3 Å². The molecule has 4 aromatic rings. The number of pyridine rings is 1. The number of nitrogens with zero attached hydrogens (tertiary/aromatic N) is 4. The molecule has 2 amide bonds. The van der Waals surface area contributed by atoms with Crippen molar-refractivity contribution in [3.63, 3.8) is 0 Å². The fourth-order valence-electron chi connectivity index (χ4n) is 3.58. The van der Waals surface area contributed by atoms with Crippen LogP contribution in [0.2, 0.25) is 0 Å². The summed E-state index contributed by atoms with van der Waals surface area (Å²) in [4.78, 5) is 36.4. The molecule has 0 aliphatic carbocycles. The monoisotopic (exact) mass is 451 g/mol. The third kappa shape index (κ3) is 4.27. The van der Waals surface area contributed by atoms with E-state index in [0.29, 0.717) is 41.9 Å². The molecule has 10 heteroatoms. The largest absolute Gasteiger partial charge is 0.467 e. The average Bonchev–Trinajstić information content (AvgIpc) is 3.62. The van der Waals surface area contributed by atoms with Crippen LogP contribution in [0.3, 0.4) is 0 Å². The van der Waals surface area contributed by atoms with Crippen LogP contribution in [0.4, 0.5) is 5.13 Å². The summed E-state index contributed by atoms with van der Waals surface area (Å²) in [5, 5.41) is 3.37. The lowest BCUT2D eigenvalue weighted by atomic mass is 10.1. The fraction of sp³-hybridized carbons (Fsp3) is 0.273. The maximum Gasteiger partial charge on any atom is 0.263 e. The van der Waals surface area contributed by atoms with Crippen LogP contribution in [0.5, 0.6) is 0 Å². The lowest BCUT2D eigenvalue weighted by Gasteiger charge is -2.21. The van der Waals surface area contributed by atoms with Gasteiger partial charge in [-0.1, -0.05) is 17.4 Å². The highest BCUT2D eigenvalue weighted by Crippen LogP contribution is 2.28. The van der Waals surface area contributed by atoms with E-state index >= 15 is 0 Å². The van der Waals surface area contributed by atoms with Gasteiger partial charge in [-0.25, -0.2) is 9.97 Å². The van der Waals surface area contributed by atoms with E-state index in [-0.39, 0.29) is 24.3 Å². The minimum atomic E-state index is -0.242. The number of anilines is 1. The fourth-order valence-corrected chi connectivity index (χ4v) is 4.42. The Labute approximate surface area is 187 Å². The van der Waals surface area contributed by atoms with Crippen molar-refractivity contribution in [2.75, 3.05) is 18.1 Å². The lowest BCUT2D eigenvalue weighted by Crippen LogP contribution is -2.36. The molecule has 5 heterocycles. The molecule has 0 aromatic carbocycles. The highest BCUT2D eigenvalue weighted by molar-refractivity contribution is 7.17. The molecule has 9 nitrogen and oxygen atoms in total. The number of ether oxygens (including phenoxy) is 1. The Morgan fingerprint density at radius 3 is 3.03 bits per heavy atom. The number of furan rings is 1. The molecule has 0 bridgehead atoms. The first kappa shape index (κ1) is 20.4. The zero-order chi connectivity index (χ0) is 21.9. The van der Waals surface area contributed by atoms with Crippen molar-refractivity contribution in [3.05, 3.63) is 71.5 Å². The quantitative estimate of drug-likeness (QED) is 0.464. The number of amides is 2. The van der Waals surface area contributed by atoms with Gasteiger partial charge in [-0.3, -0.25) is 14.5 Å². The Kier molecular flexibility index (Phi) is 5.70. The number of hydrogen-bond acceptors (Lipinski definition) is 7. The Morgan fingerprint density at radius 1 is 1.28 bits per heavy atom. The van der Waals surface area contributed by atoms with E-state index < -0.39 is 0 Å². The van der Waals surface area contributed by atoms with Gasteiger partial charge in [0.1, 0.15) is 16.3 Å². The Balaban J connectivity index is 1.29. The predicted molar refractivity (Wildman–Crippen MR) is 117 cm³/mol. The van der Waals surface area contributed by atoms with Crippen molar-refractivity contribution < 1.29 is 18.7 Å². The number of carbonyl (C=O) groups excluding carboxylic acids is 2. The minimum Gasteiger partial charge on any atom is -0.467 e. The van der Waals surface area contributed by atoms with Gasteiger partial charge in [0.25, 0.3) is 5.91 Å². The summed E-state index contributed by atoms with van der Waals surface area (Å²) >= 11 is 1.18. The Bertz CT molecular complexity index is 1230. The smallest absolute Gasteiger partial charge is 0.263 e. The van der Waals surface area contributed by atoms with E-state index in [9.17, 15) is 9.59 Å². The van der Waals surface area contributed by atoms with E-state index in [1.165, 1.54) is 17.5 Å². The third-order valence-corrected chi connectivity index (χ3v) is 6.31. The summed E-state index contributed by atoms with van der Waals surface area (Å²) in [6.45, 7) is 1.59. The molecule has 1 atom stereocenters. The summed E-state index contributed by atoms with van der Waals surface area (Å²) in [7, 11) is 0. The Morgan fingerprint density at radius 2 is 2.22 bits per heavy atom. The number of aromatic nitrogens is 3. The highest BCUT2D eigenvalue weighted by Gasteiger charge is 2.31. The highest BCUT2D eigenvalue weighted by atomic mass is 32.1. The molecular weight excluding hydrogens is 430 g/mol. The van der Waals surface area contributed by atoms with Gasteiger partial charge < -0.3 is 18.9 Å². The van der Waals surface area contributed by atoms with E-state index in [4.69, 9.17) is 9.15 Å². The number of thiazole rings is 1. The molecule has 1 aliphatic heterocycles. The number of fused-ring (bicyclic) bond motifs is 1. The van der Waals surface area contributed by atoms with Crippen LogP contribution in [0, 0.1) is 5.92 Å². The normalized spacial score (nSPS) is 15.8. The number of carbonyl (C=O) groups is 2. The van der Waals surface area contributed by atoms with E-state index in [1.54, 1.807) is 23.4 Å². The number of hydrogen-bond donors (Lipinski definition) is 1. The maximum absolute atomic E-state index is 13.1. The molecule has 0 spiro atoms. The molecule has 32 heavy (non-hydrogen) atoms. The van der Waals surface area contributed by atoms with Crippen molar-refractivity contribution in [1.82, 2.24) is 19.7 Å². The molecule has 1 unspecified atom stereocenters. The summed E-state index contributed by atoms with van der Waals surface area (Å²) in [6.07, 6.45) is 9.25. The van der Waals surface area contributed by atoms with Crippen LogP contribution in [0.15, 0.2) is 59.7 Å². The van der Waals surface area contributed by atoms with Crippen LogP contribution >= 0.6 is 11.3 Å². The minimum absolute atomic E-state index is 0.0751. The van der Waals surface area contributed by atoms with Crippen molar-refractivity contribution in [2.45, 2.75) is 19.5 Å². The molecule has 1 saturated heterocycles. The first-order valence-electron chi connectivity index (χ1n) is 10.2. The zero-order valence-corrected chi connectivity index (χ0v) is 18.0. The molecular formula is C22H21N5O4S. The van der Waals surface area contributed by atoms with Gasteiger partial charge in [-0.2, -0.15) is 0 Å². The van der Waals surface area contributed by atoms with Gasteiger partial charge in [-0.05, 0) is 30.2 Å². The van der Waals surface area contributed by atoms with Crippen LogP contribution in [-0.2, 0) is 22.6 Å². The summed E-state index contributed by atoms with van der Waals surface area (Å²) in [6, 6.07) is 7.41. The van der Waals surface area contributed by atoms with Crippen LogP contribution in [0.1, 0.15) is 27.4 Å². The van der Waals surface area contributed by atoms with Crippen molar-refractivity contribution in [2.24, 2.45) is 5.92 Å². The predicted octanol–water partition coefficient (Wildman–Crippen LogP) is 2.88. The first-order chi connectivity index (χ1) is 15.7. The molecule has 0 saturated carbocycles. The summed E-state index contributed by atoms with van der Waals surface area (Å²) < 4.78 is 12.7. The van der Waals surface area contributed by atoms with Gasteiger partial charge in [-0.15, -0.1) is 0 Å². The SMILES string of the molecule is O=C(NCc1ccc2nccn2c1)c1cnc(N(Cc2ccco2)C(=O)C2CCOC2)s1. The Hall–Kier alpha value is -3.50. The second kappa shape index (κ2) is 8.93. The van der Waals surface area contributed by atoms with Crippen molar-refractivity contribution >= 4 is 33.9 Å². The first-order valence-corrected chi connectivity index (χ1v) is 11.1. The lowest BCUT2D eigenvalue weighted by molar-refractivity contribution is -0.122. The van der Waals surface area contributed by atoms with Crippen LogP contribution < -0.4 is 10.2 Å². The number of rotatable bonds is 7. The standard InChI is InChI=1S/C22H21N5O4S/c28-20(24-10-15-3-4-19-23-6-7-26(19)12-15)18-11-25-22(32-18)27(13-17-2-1-8-31-17)21(29)16-5-9-30-14-16/h1-4,6-8,11-12,16H,5,9-10,13-14H2,(H,24,28). The van der Waals surface area contributed by atoms with E-state index in [0.717, 1.165) is 11.2 Å². The van der Waals surface area contributed by atoms with Gasteiger partial charge in [0.15, 0.2) is 5.13 Å².